The number of phosphoric ester groups is 1. The largest absolute Gasteiger partial charge is 0.524 e. The molecule has 0 fully saturated rings. The summed E-state index contributed by atoms with van der Waals surface area (Å²) in [6, 6.07) is 7.07. The van der Waals surface area contributed by atoms with Gasteiger partial charge in [-0.05, 0) is 29.2 Å². The van der Waals surface area contributed by atoms with Crippen LogP contribution in [0.25, 0.3) is 5.57 Å². The fourth-order valence-corrected chi connectivity index (χ4v) is 2.41. The molecule has 0 amide bonds. The van der Waals surface area contributed by atoms with Gasteiger partial charge < -0.3 is 4.52 Å². The van der Waals surface area contributed by atoms with Crippen LogP contribution in [0.2, 0.25) is 0 Å². The molecular formula is C15H15O5P. The van der Waals surface area contributed by atoms with Gasteiger partial charge in [0, 0.05) is 5.56 Å². The molecule has 21 heavy (non-hydrogen) atoms. The third kappa shape index (κ3) is 4.53. The Morgan fingerprint density at radius 1 is 1.14 bits per heavy atom. The second-order valence-electron chi connectivity index (χ2n) is 4.71. The predicted octanol–water partition coefficient (Wildman–Crippen LogP) is 3.08. The highest BCUT2D eigenvalue weighted by Crippen LogP contribution is 2.40. The third-order valence-corrected chi connectivity index (χ3v) is 3.35. The molecule has 0 spiro atoms. The van der Waals surface area contributed by atoms with Crippen molar-refractivity contribution in [3.05, 3.63) is 65.5 Å². The van der Waals surface area contributed by atoms with E-state index in [1.165, 1.54) is 6.08 Å². The van der Waals surface area contributed by atoms with Crippen molar-refractivity contribution in [1.82, 2.24) is 0 Å². The van der Waals surface area contributed by atoms with Gasteiger partial charge in [0.2, 0.25) is 0 Å². The van der Waals surface area contributed by atoms with E-state index in [4.69, 9.17) is 9.79 Å². The summed E-state index contributed by atoms with van der Waals surface area (Å²) in [5.74, 6) is 0.0777. The summed E-state index contributed by atoms with van der Waals surface area (Å²) in [7, 11) is -4.56. The molecule has 1 aromatic rings. The smallest absolute Gasteiger partial charge is 0.405 e. The van der Waals surface area contributed by atoms with Gasteiger partial charge in [0.25, 0.3) is 0 Å². The third-order valence-electron chi connectivity index (χ3n) is 2.90. The maximum absolute atomic E-state index is 10.9. The molecule has 2 N–H and O–H groups in total. The number of rotatable bonds is 4. The summed E-state index contributed by atoms with van der Waals surface area (Å²) in [5, 5.41) is 0. The van der Waals surface area contributed by atoms with Gasteiger partial charge >= 0.3 is 7.82 Å². The Labute approximate surface area is 122 Å². The lowest BCUT2D eigenvalue weighted by Gasteiger charge is -2.07. The molecule has 110 valence electrons. The van der Waals surface area contributed by atoms with E-state index in [0.717, 1.165) is 17.4 Å². The Balaban J connectivity index is 2.25. The van der Waals surface area contributed by atoms with Gasteiger partial charge in [0.1, 0.15) is 12.0 Å². The monoisotopic (exact) mass is 306 g/mol. The van der Waals surface area contributed by atoms with Gasteiger partial charge in [-0.3, -0.25) is 14.6 Å². The lowest BCUT2D eigenvalue weighted by Crippen LogP contribution is -1.90. The zero-order valence-corrected chi connectivity index (χ0v) is 12.2. The van der Waals surface area contributed by atoms with E-state index in [1.54, 1.807) is 24.3 Å². The van der Waals surface area contributed by atoms with Crippen LogP contribution >= 0.6 is 7.82 Å². The van der Waals surface area contributed by atoms with E-state index in [1.807, 2.05) is 25.1 Å². The zero-order valence-electron chi connectivity index (χ0n) is 11.3. The van der Waals surface area contributed by atoms with Gasteiger partial charge in [0.05, 0.1) is 0 Å². The summed E-state index contributed by atoms with van der Waals surface area (Å²) < 4.78 is 15.5. The van der Waals surface area contributed by atoms with Crippen molar-refractivity contribution < 1.29 is 23.7 Å². The van der Waals surface area contributed by atoms with Crippen LogP contribution in [-0.4, -0.2) is 16.1 Å². The molecule has 1 aromatic carbocycles. The van der Waals surface area contributed by atoms with Crippen LogP contribution in [0.5, 0.6) is 0 Å². The summed E-state index contributed by atoms with van der Waals surface area (Å²) in [6.07, 6.45) is 7.59. The SMILES string of the molecule is CC1C=C(OP(=O)(O)O)C=CC(c2ccc(C=O)cc2)=C1. The van der Waals surface area contributed by atoms with Gasteiger partial charge in [-0.15, -0.1) is 0 Å². The van der Waals surface area contributed by atoms with E-state index in [9.17, 15) is 9.36 Å². The van der Waals surface area contributed by atoms with E-state index >= 15 is 0 Å². The highest BCUT2D eigenvalue weighted by Gasteiger charge is 2.18. The average molecular weight is 306 g/mol. The minimum atomic E-state index is -4.56. The van der Waals surface area contributed by atoms with Gasteiger partial charge in [-0.25, -0.2) is 4.57 Å². The Hall–Kier alpha value is -1.94. The minimum Gasteiger partial charge on any atom is -0.405 e. The lowest BCUT2D eigenvalue weighted by atomic mass is 10.0. The van der Waals surface area contributed by atoms with Gasteiger partial charge in [-0.2, -0.15) is 0 Å². The minimum absolute atomic E-state index is 0.0534. The normalized spacial score (nSPS) is 18.5. The summed E-state index contributed by atoms with van der Waals surface area (Å²) in [6.45, 7) is 1.88. The van der Waals surface area contributed by atoms with Gasteiger partial charge in [0.15, 0.2) is 0 Å². The van der Waals surface area contributed by atoms with E-state index in [0.29, 0.717) is 5.56 Å². The first-order valence-electron chi connectivity index (χ1n) is 6.30. The van der Waals surface area contributed by atoms with Crippen molar-refractivity contribution in [2.24, 2.45) is 5.92 Å². The van der Waals surface area contributed by atoms with Crippen molar-refractivity contribution >= 4 is 19.7 Å². The Bertz CT molecular complexity index is 664. The van der Waals surface area contributed by atoms with Crippen molar-refractivity contribution in [2.45, 2.75) is 6.92 Å². The Kier molecular flexibility index (Phi) is 4.58. The molecule has 5 nitrogen and oxygen atoms in total. The van der Waals surface area contributed by atoms with Crippen LogP contribution in [-0.2, 0) is 9.09 Å². The average Bonchev–Trinajstić information content (AvgIpc) is 2.58. The number of hydrogen-bond acceptors (Lipinski definition) is 3. The van der Waals surface area contributed by atoms with Crippen LogP contribution in [0.3, 0.4) is 0 Å². The zero-order chi connectivity index (χ0) is 15.5. The first-order chi connectivity index (χ1) is 9.87. The number of carbonyl (C=O) groups excluding carboxylic acids is 1. The molecule has 6 heteroatoms. The maximum Gasteiger partial charge on any atom is 0.524 e. The molecule has 0 heterocycles. The van der Waals surface area contributed by atoms with Crippen molar-refractivity contribution in [2.75, 3.05) is 0 Å². The topological polar surface area (TPSA) is 83.8 Å². The Morgan fingerprint density at radius 3 is 2.38 bits per heavy atom. The fourth-order valence-electron chi connectivity index (χ4n) is 2.02. The number of benzene rings is 1. The van der Waals surface area contributed by atoms with Crippen molar-refractivity contribution in [3.8, 4) is 0 Å². The van der Waals surface area contributed by atoms with Crippen LogP contribution < -0.4 is 0 Å². The molecule has 0 aromatic heterocycles. The van der Waals surface area contributed by atoms with Crippen molar-refractivity contribution in [1.29, 1.82) is 0 Å². The van der Waals surface area contributed by atoms with Crippen LogP contribution in [0.1, 0.15) is 22.8 Å². The molecule has 0 bridgehead atoms. The van der Waals surface area contributed by atoms with Crippen LogP contribution in [0.4, 0.5) is 0 Å². The molecule has 0 saturated carbocycles. The Morgan fingerprint density at radius 2 is 1.81 bits per heavy atom. The number of aldehydes is 1. The summed E-state index contributed by atoms with van der Waals surface area (Å²) >= 11 is 0. The first kappa shape index (κ1) is 15.4. The van der Waals surface area contributed by atoms with E-state index in [2.05, 4.69) is 4.52 Å². The van der Waals surface area contributed by atoms with E-state index in [-0.39, 0.29) is 11.7 Å². The number of hydrogen-bond donors (Lipinski definition) is 2. The quantitative estimate of drug-likeness (QED) is 0.659. The fraction of sp³-hybridized carbons (Fsp3) is 0.133. The molecular weight excluding hydrogens is 291 g/mol. The predicted molar refractivity (Wildman–Crippen MR) is 79.3 cm³/mol. The van der Waals surface area contributed by atoms with Crippen LogP contribution in [0.15, 0.2) is 54.3 Å². The molecule has 1 atom stereocenters. The number of carbonyl (C=O) groups is 1. The molecule has 1 aliphatic carbocycles. The van der Waals surface area contributed by atoms with Crippen molar-refractivity contribution in [3.63, 3.8) is 0 Å². The standard InChI is InChI=1S/C15H15O5P/c1-11-8-14(13-4-2-12(10-16)3-5-13)6-7-15(9-11)20-21(17,18)19/h2-11H,1H3,(H2,17,18,19). The molecule has 1 aliphatic rings. The molecule has 2 rings (SSSR count). The number of phosphoric acid groups is 1. The molecule has 0 aliphatic heterocycles. The first-order valence-corrected chi connectivity index (χ1v) is 7.83. The summed E-state index contributed by atoms with van der Waals surface area (Å²) in [5.41, 5.74) is 2.39. The second kappa shape index (κ2) is 6.22. The number of allylic oxidation sites excluding steroid dienone is 5. The molecule has 0 radical (unpaired) electrons. The lowest BCUT2D eigenvalue weighted by molar-refractivity contribution is 0.112. The molecule has 0 saturated heterocycles. The van der Waals surface area contributed by atoms with E-state index < -0.39 is 7.82 Å². The maximum atomic E-state index is 10.9. The van der Waals surface area contributed by atoms with Gasteiger partial charge in [-0.1, -0.05) is 43.3 Å². The highest BCUT2D eigenvalue weighted by molar-refractivity contribution is 7.46. The summed E-state index contributed by atoms with van der Waals surface area (Å²) in [4.78, 5) is 28.4. The van der Waals surface area contributed by atoms with Crippen LogP contribution in [0, 0.1) is 5.92 Å². The second-order valence-corrected chi connectivity index (χ2v) is 5.87. The molecule has 1 unspecified atom stereocenters. The highest BCUT2D eigenvalue weighted by atomic mass is 31.2.